The van der Waals surface area contributed by atoms with Gasteiger partial charge in [-0.05, 0) is 18.2 Å². The number of ether oxygens (including phenoxy) is 2. The summed E-state index contributed by atoms with van der Waals surface area (Å²) >= 11 is 0. The number of nitrogens with two attached hydrogens (primary N) is 1. The second kappa shape index (κ2) is 4.36. The van der Waals surface area contributed by atoms with Crippen molar-refractivity contribution in [2.45, 2.75) is 6.10 Å². The van der Waals surface area contributed by atoms with Crippen LogP contribution in [0, 0.1) is 5.82 Å². The van der Waals surface area contributed by atoms with Gasteiger partial charge in [-0.3, -0.25) is 0 Å². The normalized spacial score (nSPS) is 16.9. The van der Waals surface area contributed by atoms with Gasteiger partial charge >= 0.3 is 0 Å². The Morgan fingerprint density at radius 1 is 1.56 bits per heavy atom. The lowest BCUT2D eigenvalue weighted by atomic mass is 10.1. The van der Waals surface area contributed by atoms with Crippen LogP contribution >= 0.6 is 0 Å². The van der Waals surface area contributed by atoms with Crippen molar-refractivity contribution in [2.24, 2.45) is 10.9 Å². The van der Waals surface area contributed by atoms with E-state index >= 15 is 0 Å². The van der Waals surface area contributed by atoms with E-state index in [2.05, 4.69) is 5.16 Å². The molecule has 0 aromatic heterocycles. The molecule has 1 saturated heterocycles. The fraction of sp³-hybridized carbons (Fsp3) is 0.300. The molecule has 16 heavy (non-hydrogen) atoms. The smallest absolute Gasteiger partial charge is 0.173 e. The Kier molecular flexibility index (Phi) is 2.91. The number of hydrogen-bond donors (Lipinski definition) is 2. The maximum absolute atomic E-state index is 13.0. The van der Waals surface area contributed by atoms with Crippen LogP contribution < -0.4 is 10.5 Å². The van der Waals surface area contributed by atoms with E-state index in [1.165, 1.54) is 12.1 Å². The van der Waals surface area contributed by atoms with Crippen LogP contribution in [-0.2, 0) is 4.74 Å². The molecular formula is C10H11FN2O3. The predicted molar refractivity (Wildman–Crippen MR) is 54.1 cm³/mol. The molecule has 1 aromatic rings. The quantitative estimate of drug-likeness (QED) is 0.344. The molecule has 2 rings (SSSR count). The average Bonchev–Trinajstić information content (AvgIpc) is 2.23. The molecular weight excluding hydrogens is 215 g/mol. The Morgan fingerprint density at radius 3 is 2.88 bits per heavy atom. The zero-order valence-corrected chi connectivity index (χ0v) is 8.39. The first kappa shape index (κ1) is 10.7. The standard InChI is InChI=1S/C10H11FN2O3/c11-6-1-2-9(16-7-4-15-5-7)8(3-6)10(12)13-14/h1-3,7,14H,4-5H2,(H2,12,13). The Labute approximate surface area is 91.3 Å². The van der Waals surface area contributed by atoms with Crippen molar-refractivity contribution < 1.29 is 19.1 Å². The van der Waals surface area contributed by atoms with Gasteiger partial charge in [0, 0.05) is 0 Å². The van der Waals surface area contributed by atoms with Gasteiger partial charge in [0.2, 0.25) is 0 Å². The molecule has 3 N–H and O–H groups in total. The minimum Gasteiger partial charge on any atom is -0.485 e. The first-order valence-corrected chi connectivity index (χ1v) is 4.72. The summed E-state index contributed by atoms with van der Waals surface area (Å²) in [6.45, 7) is 0.986. The van der Waals surface area contributed by atoms with E-state index < -0.39 is 5.82 Å². The molecule has 0 saturated carbocycles. The van der Waals surface area contributed by atoms with Gasteiger partial charge in [0.05, 0.1) is 18.8 Å². The topological polar surface area (TPSA) is 77.1 Å². The van der Waals surface area contributed by atoms with Crippen molar-refractivity contribution in [3.8, 4) is 5.75 Å². The molecule has 1 aromatic carbocycles. The minimum absolute atomic E-state index is 0.0595. The third-order valence-electron chi connectivity index (χ3n) is 2.23. The molecule has 0 atom stereocenters. The number of nitrogens with zero attached hydrogens (tertiary/aromatic N) is 1. The van der Waals surface area contributed by atoms with Crippen molar-refractivity contribution in [3.05, 3.63) is 29.6 Å². The molecule has 0 bridgehead atoms. The maximum atomic E-state index is 13.0. The minimum atomic E-state index is -0.473. The second-order valence-corrected chi connectivity index (χ2v) is 3.40. The summed E-state index contributed by atoms with van der Waals surface area (Å²) in [5.41, 5.74) is 5.65. The fourth-order valence-corrected chi connectivity index (χ4v) is 1.32. The van der Waals surface area contributed by atoms with Crippen molar-refractivity contribution in [2.75, 3.05) is 13.2 Å². The van der Waals surface area contributed by atoms with E-state index in [9.17, 15) is 4.39 Å². The lowest BCUT2D eigenvalue weighted by Crippen LogP contribution is -2.39. The van der Waals surface area contributed by atoms with Crippen LogP contribution in [0.15, 0.2) is 23.4 Å². The fourth-order valence-electron chi connectivity index (χ4n) is 1.32. The summed E-state index contributed by atoms with van der Waals surface area (Å²) in [7, 11) is 0. The Bertz CT molecular complexity index is 419. The van der Waals surface area contributed by atoms with Crippen LogP contribution in [-0.4, -0.2) is 30.4 Å². The zero-order chi connectivity index (χ0) is 11.5. The van der Waals surface area contributed by atoms with Gasteiger partial charge in [-0.15, -0.1) is 0 Å². The molecule has 1 fully saturated rings. The summed E-state index contributed by atoms with van der Waals surface area (Å²) in [5.74, 6) is -0.279. The molecule has 0 radical (unpaired) electrons. The second-order valence-electron chi connectivity index (χ2n) is 3.40. The number of amidine groups is 1. The van der Waals surface area contributed by atoms with E-state index in [-0.39, 0.29) is 17.5 Å². The summed E-state index contributed by atoms with van der Waals surface area (Å²) < 4.78 is 23.4. The third kappa shape index (κ3) is 2.06. The largest absolute Gasteiger partial charge is 0.485 e. The van der Waals surface area contributed by atoms with Crippen molar-refractivity contribution in [3.63, 3.8) is 0 Å². The van der Waals surface area contributed by atoms with Crippen LogP contribution in [0.3, 0.4) is 0 Å². The molecule has 0 unspecified atom stereocenters. The Morgan fingerprint density at radius 2 is 2.31 bits per heavy atom. The third-order valence-corrected chi connectivity index (χ3v) is 2.23. The van der Waals surface area contributed by atoms with E-state index in [0.717, 1.165) is 6.07 Å². The summed E-state index contributed by atoms with van der Waals surface area (Å²) in [5, 5.41) is 11.4. The van der Waals surface area contributed by atoms with E-state index in [1.807, 2.05) is 0 Å². The van der Waals surface area contributed by atoms with Gasteiger partial charge in [0.25, 0.3) is 0 Å². The van der Waals surface area contributed by atoms with Gasteiger partial charge in [0.15, 0.2) is 5.84 Å². The van der Waals surface area contributed by atoms with Gasteiger partial charge < -0.3 is 20.4 Å². The highest BCUT2D eigenvalue weighted by molar-refractivity contribution is 5.99. The zero-order valence-electron chi connectivity index (χ0n) is 8.39. The van der Waals surface area contributed by atoms with E-state index in [1.54, 1.807) is 0 Å². The highest BCUT2D eigenvalue weighted by Gasteiger charge is 2.22. The van der Waals surface area contributed by atoms with Crippen LogP contribution in [0.25, 0.3) is 0 Å². The molecule has 5 nitrogen and oxygen atoms in total. The molecule has 0 aliphatic carbocycles. The lowest BCUT2D eigenvalue weighted by Gasteiger charge is -2.27. The molecule has 86 valence electrons. The Balaban J connectivity index is 2.27. The first-order chi connectivity index (χ1) is 7.70. The van der Waals surface area contributed by atoms with E-state index in [4.69, 9.17) is 20.4 Å². The maximum Gasteiger partial charge on any atom is 0.173 e. The monoisotopic (exact) mass is 226 g/mol. The van der Waals surface area contributed by atoms with Crippen molar-refractivity contribution in [1.82, 2.24) is 0 Å². The SMILES string of the molecule is N/C(=N/O)c1cc(F)ccc1OC1COC1. The Hall–Kier alpha value is -1.82. The molecule has 0 amide bonds. The number of benzene rings is 1. The lowest BCUT2D eigenvalue weighted by molar-refractivity contribution is -0.0797. The van der Waals surface area contributed by atoms with Crippen molar-refractivity contribution in [1.29, 1.82) is 0 Å². The number of rotatable bonds is 3. The first-order valence-electron chi connectivity index (χ1n) is 4.72. The summed E-state index contributed by atoms with van der Waals surface area (Å²) in [6.07, 6.45) is -0.0595. The predicted octanol–water partition coefficient (Wildman–Crippen LogP) is 0.698. The highest BCUT2D eigenvalue weighted by atomic mass is 19.1. The van der Waals surface area contributed by atoms with Crippen LogP contribution in [0.1, 0.15) is 5.56 Å². The van der Waals surface area contributed by atoms with E-state index in [0.29, 0.717) is 19.0 Å². The molecule has 0 spiro atoms. The molecule has 1 aliphatic heterocycles. The van der Waals surface area contributed by atoms with Crippen molar-refractivity contribution >= 4 is 5.84 Å². The summed E-state index contributed by atoms with van der Waals surface area (Å²) in [6, 6.07) is 3.86. The van der Waals surface area contributed by atoms with Crippen LogP contribution in [0.4, 0.5) is 4.39 Å². The van der Waals surface area contributed by atoms with Gasteiger partial charge in [-0.25, -0.2) is 4.39 Å². The summed E-state index contributed by atoms with van der Waals surface area (Å²) in [4.78, 5) is 0. The molecule has 1 aliphatic rings. The van der Waals surface area contributed by atoms with Crippen LogP contribution in [0.2, 0.25) is 0 Å². The number of halogens is 1. The van der Waals surface area contributed by atoms with Crippen LogP contribution in [0.5, 0.6) is 5.75 Å². The highest BCUT2D eigenvalue weighted by Crippen LogP contribution is 2.22. The van der Waals surface area contributed by atoms with Gasteiger partial charge in [-0.1, -0.05) is 5.16 Å². The molecule has 1 heterocycles. The van der Waals surface area contributed by atoms with Gasteiger partial charge in [-0.2, -0.15) is 0 Å². The molecule has 6 heteroatoms. The number of hydrogen-bond acceptors (Lipinski definition) is 4. The average molecular weight is 226 g/mol. The number of oxime groups is 1. The van der Waals surface area contributed by atoms with Gasteiger partial charge in [0.1, 0.15) is 17.7 Å².